The highest BCUT2D eigenvalue weighted by atomic mass is 35.5. The summed E-state index contributed by atoms with van der Waals surface area (Å²) in [6.07, 6.45) is 1.64. The van der Waals surface area contributed by atoms with Gasteiger partial charge in [0.25, 0.3) is 0 Å². The predicted molar refractivity (Wildman–Crippen MR) is 46.0 cm³/mol. The molecule has 0 aromatic carbocycles. The maximum atomic E-state index is 5.61. The van der Waals surface area contributed by atoms with E-state index in [0.29, 0.717) is 5.28 Å². The van der Waals surface area contributed by atoms with E-state index in [4.69, 9.17) is 16.0 Å². The van der Waals surface area contributed by atoms with Crippen LogP contribution in [0.4, 0.5) is 0 Å². The van der Waals surface area contributed by atoms with E-state index >= 15 is 0 Å². The Labute approximate surface area is 74.4 Å². The maximum Gasteiger partial charge on any atom is 0.200 e. The van der Waals surface area contributed by atoms with E-state index in [1.807, 2.05) is 19.1 Å². The van der Waals surface area contributed by atoms with Crippen molar-refractivity contribution in [1.29, 1.82) is 0 Å². The zero-order chi connectivity index (χ0) is 8.55. The lowest BCUT2D eigenvalue weighted by Gasteiger charge is -1.87. The van der Waals surface area contributed by atoms with Crippen molar-refractivity contribution in [3.05, 3.63) is 29.4 Å². The summed E-state index contributed by atoms with van der Waals surface area (Å²) in [4.78, 5) is 6.72. The summed E-state index contributed by atoms with van der Waals surface area (Å²) in [6.45, 7) is 1.89. The molecule has 2 aromatic heterocycles. The minimum atomic E-state index is 0.374. The Balaban J connectivity index is 2.43. The van der Waals surface area contributed by atoms with Gasteiger partial charge in [-0.05, 0) is 30.7 Å². The fourth-order valence-corrected chi connectivity index (χ4v) is 1.15. The summed E-state index contributed by atoms with van der Waals surface area (Å²) in [5.74, 6) is 1.63. The fourth-order valence-electron chi connectivity index (χ4n) is 1.00. The van der Waals surface area contributed by atoms with E-state index in [1.165, 1.54) is 0 Å². The minimum Gasteiger partial charge on any atom is -0.460 e. The van der Waals surface area contributed by atoms with E-state index < -0.39 is 0 Å². The number of rotatable bonds is 1. The summed E-state index contributed by atoms with van der Waals surface area (Å²) in [5, 5.41) is 0.374. The highest BCUT2D eigenvalue weighted by Gasteiger charge is 2.04. The zero-order valence-electron chi connectivity index (χ0n) is 6.47. The second-order valence-electron chi connectivity index (χ2n) is 2.50. The van der Waals surface area contributed by atoms with Crippen LogP contribution in [-0.4, -0.2) is 9.97 Å². The van der Waals surface area contributed by atoms with E-state index in [1.54, 1.807) is 6.20 Å². The van der Waals surface area contributed by atoms with Crippen molar-refractivity contribution in [2.45, 2.75) is 6.92 Å². The average molecular weight is 183 g/mol. The molecule has 0 saturated carbocycles. The third-order valence-corrected chi connectivity index (χ3v) is 1.74. The SMILES string of the molecule is Cc1ccc(-c2cnc(Cl)[nH]2)o1. The van der Waals surface area contributed by atoms with Gasteiger partial charge in [0.15, 0.2) is 5.76 Å². The van der Waals surface area contributed by atoms with E-state index in [9.17, 15) is 0 Å². The van der Waals surface area contributed by atoms with Crippen LogP contribution in [0.1, 0.15) is 5.76 Å². The number of H-pyrrole nitrogens is 1. The molecule has 0 fully saturated rings. The van der Waals surface area contributed by atoms with E-state index in [0.717, 1.165) is 17.2 Å². The lowest BCUT2D eigenvalue weighted by molar-refractivity contribution is 0.547. The van der Waals surface area contributed by atoms with Crippen molar-refractivity contribution in [3.8, 4) is 11.5 Å². The van der Waals surface area contributed by atoms with Crippen molar-refractivity contribution in [2.75, 3.05) is 0 Å². The van der Waals surface area contributed by atoms with Gasteiger partial charge in [-0.25, -0.2) is 4.98 Å². The molecule has 0 radical (unpaired) electrons. The molecule has 4 heteroatoms. The Morgan fingerprint density at radius 2 is 2.33 bits per heavy atom. The Morgan fingerprint density at radius 3 is 2.83 bits per heavy atom. The van der Waals surface area contributed by atoms with Crippen molar-refractivity contribution in [3.63, 3.8) is 0 Å². The Kier molecular flexibility index (Phi) is 1.66. The van der Waals surface area contributed by atoms with Gasteiger partial charge in [-0.2, -0.15) is 0 Å². The Morgan fingerprint density at radius 1 is 1.50 bits per heavy atom. The number of hydrogen-bond donors (Lipinski definition) is 1. The van der Waals surface area contributed by atoms with Gasteiger partial charge in [0.05, 0.1) is 6.20 Å². The predicted octanol–water partition coefficient (Wildman–Crippen LogP) is 2.63. The van der Waals surface area contributed by atoms with Crippen molar-refractivity contribution < 1.29 is 4.42 Å². The molecule has 3 nitrogen and oxygen atoms in total. The number of nitrogens with zero attached hydrogens (tertiary/aromatic N) is 1. The zero-order valence-corrected chi connectivity index (χ0v) is 7.22. The smallest absolute Gasteiger partial charge is 0.200 e. The molecular weight excluding hydrogens is 176 g/mol. The molecule has 0 unspecified atom stereocenters. The van der Waals surface area contributed by atoms with Gasteiger partial charge in [-0.15, -0.1) is 0 Å². The normalized spacial score (nSPS) is 10.5. The number of furan rings is 1. The van der Waals surface area contributed by atoms with Crippen molar-refractivity contribution in [1.82, 2.24) is 9.97 Å². The molecule has 0 atom stereocenters. The maximum absolute atomic E-state index is 5.61. The monoisotopic (exact) mass is 182 g/mol. The first-order valence-electron chi connectivity index (χ1n) is 3.53. The first kappa shape index (κ1) is 7.43. The van der Waals surface area contributed by atoms with Crippen LogP contribution < -0.4 is 0 Å². The molecule has 12 heavy (non-hydrogen) atoms. The second-order valence-corrected chi connectivity index (χ2v) is 2.86. The molecule has 2 aromatic rings. The molecule has 0 saturated heterocycles. The summed E-state index contributed by atoms with van der Waals surface area (Å²) >= 11 is 5.61. The van der Waals surface area contributed by atoms with Crippen LogP contribution in [0.25, 0.3) is 11.5 Å². The first-order chi connectivity index (χ1) is 5.75. The van der Waals surface area contributed by atoms with Crippen LogP contribution in [-0.2, 0) is 0 Å². The first-order valence-corrected chi connectivity index (χ1v) is 3.91. The van der Waals surface area contributed by atoms with Crippen LogP contribution in [0.15, 0.2) is 22.7 Å². The average Bonchev–Trinajstić information content (AvgIpc) is 2.58. The molecule has 0 aliphatic carbocycles. The van der Waals surface area contributed by atoms with Gasteiger partial charge in [0.1, 0.15) is 11.5 Å². The van der Waals surface area contributed by atoms with E-state index in [-0.39, 0.29) is 0 Å². The van der Waals surface area contributed by atoms with Gasteiger partial charge in [0.2, 0.25) is 5.28 Å². The molecule has 62 valence electrons. The summed E-state index contributed by atoms with van der Waals surface area (Å²) in [7, 11) is 0. The third-order valence-electron chi connectivity index (χ3n) is 1.55. The molecule has 0 bridgehead atoms. The number of aromatic nitrogens is 2. The summed E-state index contributed by atoms with van der Waals surface area (Å²) < 4.78 is 5.35. The molecule has 0 spiro atoms. The van der Waals surface area contributed by atoms with Crippen LogP contribution in [0.2, 0.25) is 5.28 Å². The van der Waals surface area contributed by atoms with E-state index in [2.05, 4.69) is 9.97 Å². The fraction of sp³-hybridized carbons (Fsp3) is 0.125. The largest absolute Gasteiger partial charge is 0.460 e. The second kappa shape index (κ2) is 2.68. The lowest BCUT2D eigenvalue weighted by atomic mass is 10.3. The highest BCUT2D eigenvalue weighted by molar-refractivity contribution is 6.28. The number of halogens is 1. The van der Waals surface area contributed by atoms with Gasteiger partial charge >= 0.3 is 0 Å². The number of aromatic amines is 1. The van der Waals surface area contributed by atoms with Crippen LogP contribution in [0.5, 0.6) is 0 Å². The number of imidazole rings is 1. The topological polar surface area (TPSA) is 41.8 Å². The Hall–Kier alpha value is -1.22. The van der Waals surface area contributed by atoms with Crippen LogP contribution in [0.3, 0.4) is 0 Å². The molecule has 2 heterocycles. The quantitative estimate of drug-likeness (QED) is 0.737. The van der Waals surface area contributed by atoms with Gasteiger partial charge < -0.3 is 9.40 Å². The van der Waals surface area contributed by atoms with Gasteiger partial charge in [-0.3, -0.25) is 0 Å². The summed E-state index contributed by atoms with van der Waals surface area (Å²) in [5.41, 5.74) is 0.799. The number of aryl methyl sites for hydroxylation is 1. The standard InChI is InChI=1S/C8H7ClN2O/c1-5-2-3-7(12-5)6-4-10-8(9)11-6/h2-4H,1H3,(H,10,11). The highest BCUT2D eigenvalue weighted by Crippen LogP contribution is 2.20. The molecule has 0 amide bonds. The van der Waals surface area contributed by atoms with Crippen molar-refractivity contribution in [2.24, 2.45) is 0 Å². The molecule has 0 aliphatic heterocycles. The molecule has 0 aliphatic rings. The van der Waals surface area contributed by atoms with Gasteiger partial charge in [0, 0.05) is 0 Å². The van der Waals surface area contributed by atoms with Crippen LogP contribution in [0, 0.1) is 6.92 Å². The molecule has 2 rings (SSSR count). The summed E-state index contributed by atoms with van der Waals surface area (Å²) in [6, 6.07) is 3.77. The molecule has 1 N–H and O–H groups in total. The van der Waals surface area contributed by atoms with Crippen LogP contribution >= 0.6 is 11.6 Å². The Bertz CT molecular complexity index is 353. The lowest BCUT2D eigenvalue weighted by Crippen LogP contribution is -1.70. The van der Waals surface area contributed by atoms with Gasteiger partial charge in [-0.1, -0.05) is 0 Å². The molecular formula is C8H7ClN2O. The van der Waals surface area contributed by atoms with Crippen molar-refractivity contribution >= 4 is 11.6 Å². The number of hydrogen-bond acceptors (Lipinski definition) is 2. The third kappa shape index (κ3) is 1.23. The number of nitrogens with one attached hydrogen (secondary N) is 1. The minimum absolute atomic E-state index is 0.374.